The van der Waals surface area contributed by atoms with Gasteiger partial charge in [0.1, 0.15) is 0 Å². The topological polar surface area (TPSA) is 111 Å². The summed E-state index contributed by atoms with van der Waals surface area (Å²) in [5.41, 5.74) is 1.05. The standard InChI is InChI=1S/C18H22N2O6/c1-3-4-11-19-18(24)20-15(21)12-26-16(22)10-7-13-5-8-14(9-6-13)17(23)25-2/h5-10H,3-4,11-12H2,1-2H3,(H2,19,20,21,24)/b10-7+. The van der Waals surface area contributed by atoms with Crippen LogP contribution in [0.2, 0.25) is 0 Å². The Morgan fingerprint density at radius 1 is 1.12 bits per heavy atom. The number of urea groups is 1. The van der Waals surface area contributed by atoms with Gasteiger partial charge >= 0.3 is 18.0 Å². The summed E-state index contributed by atoms with van der Waals surface area (Å²) in [5.74, 6) is -1.91. The van der Waals surface area contributed by atoms with Gasteiger partial charge in [-0.1, -0.05) is 25.5 Å². The molecule has 0 aliphatic carbocycles. The van der Waals surface area contributed by atoms with Gasteiger partial charge in [-0.2, -0.15) is 0 Å². The molecule has 0 bridgehead atoms. The number of amides is 3. The molecule has 0 radical (unpaired) electrons. The number of unbranched alkanes of at least 4 members (excludes halogenated alkanes) is 1. The third kappa shape index (κ3) is 8.09. The maximum absolute atomic E-state index is 11.6. The number of imide groups is 1. The second-order valence-corrected chi connectivity index (χ2v) is 5.21. The molecular formula is C18H22N2O6. The van der Waals surface area contributed by atoms with Gasteiger partial charge in [0, 0.05) is 12.6 Å². The molecule has 2 N–H and O–H groups in total. The molecular weight excluding hydrogens is 340 g/mol. The lowest BCUT2D eigenvalue weighted by molar-refractivity contribution is -0.143. The smallest absolute Gasteiger partial charge is 0.337 e. The van der Waals surface area contributed by atoms with Crippen molar-refractivity contribution in [3.8, 4) is 0 Å². The molecule has 0 spiro atoms. The molecule has 1 aromatic rings. The van der Waals surface area contributed by atoms with E-state index in [1.807, 2.05) is 6.92 Å². The highest BCUT2D eigenvalue weighted by molar-refractivity contribution is 5.96. The number of carbonyl (C=O) groups excluding carboxylic acids is 4. The van der Waals surface area contributed by atoms with Gasteiger partial charge in [-0.25, -0.2) is 14.4 Å². The Morgan fingerprint density at radius 3 is 2.42 bits per heavy atom. The molecule has 0 saturated carbocycles. The maximum atomic E-state index is 11.6. The lowest BCUT2D eigenvalue weighted by Gasteiger charge is -2.06. The number of benzene rings is 1. The van der Waals surface area contributed by atoms with Crippen molar-refractivity contribution in [2.75, 3.05) is 20.3 Å². The van der Waals surface area contributed by atoms with E-state index in [9.17, 15) is 19.2 Å². The number of esters is 2. The predicted octanol–water partition coefficient (Wildman–Crippen LogP) is 1.66. The van der Waals surface area contributed by atoms with E-state index in [0.717, 1.165) is 18.9 Å². The molecule has 140 valence electrons. The minimum absolute atomic E-state index is 0.390. The molecule has 0 unspecified atom stereocenters. The van der Waals surface area contributed by atoms with Crippen molar-refractivity contribution < 1.29 is 28.7 Å². The van der Waals surface area contributed by atoms with Gasteiger partial charge < -0.3 is 14.8 Å². The monoisotopic (exact) mass is 362 g/mol. The second kappa shape index (κ2) is 11.4. The van der Waals surface area contributed by atoms with E-state index in [1.54, 1.807) is 24.3 Å². The van der Waals surface area contributed by atoms with Crippen LogP contribution in [-0.2, 0) is 19.1 Å². The molecule has 3 amide bonds. The molecule has 1 aromatic carbocycles. The summed E-state index contributed by atoms with van der Waals surface area (Å²) in [4.78, 5) is 45.7. The van der Waals surface area contributed by atoms with Gasteiger partial charge in [0.15, 0.2) is 6.61 Å². The van der Waals surface area contributed by atoms with Crippen LogP contribution in [0.5, 0.6) is 0 Å². The Morgan fingerprint density at radius 2 is 1.81 bits per heavy atom. The minimum atomic E-state index is -0.733. The number of methoxy groups -OCH3 is 1. The average molecular weight is 362 g/mol. The molecule has 0 aromatic heterocycles. The van der Waals surface area contributed by atoms with E-state index in [0.29, 0.717) is 17.7 Å². The van der Waals surface area contributed by atoms with Crippen molar-refractivity contribution in [2.24, 2.45) is 0 Å². The van der Waals surface area contributed by atoms with Crippen molar-refractivity contribution in [1.82, 2.24) is 10.6 Å². The summed E-state index contributed by atoms with van der Waals surface area (Å²) in [6.45, 7) is 1.88. The maximum Gasteiger partial charge on any atom is 0.337 e. The lowest BCUT2D eigenvalue weighted by Crippen LogP contribution is -2.41. The van der Waals surface area contributed by atoms with Crippen molar-refractivity contribution in [3.63, 3.8) is 0 Å². The first-order chi connectivity index (χ1) is 12.5. The summed E-state index contributed by atoms with van der Waals surface area (Å²) in [6, 6.07) is 5.75. The van der Waals surface area contributed by atoms with Crippen LogP contribution in [0.3, 0.4) is 0 Å². The van der Waals surface area contributed by atoms with Gasteiger partial charge in [0.05, 0.1) is 12.7 Å². The van der Waals surface area contributed by atoms with Crippen molar-refractivity contribution >= 4 is 30.0 Å². The highest BCUT2D eigenvalue weighted by atomic mass is 16.5. The summed E-state index contributed by atoms with van der Waals surface area (Å²) in [6.07, 6.45) is 4.34. The van der Waals surface area contributed by atoms with E-state index in [1.165, 1.54) is 13.2 Å². The third-order valence-corrected chi connectivity index (χ3v) is 3.16. The lowest BCUT2D eigenvalue weighted by atomic mass is 10.1. The SMILES string of the molecule is CCCCNC(=O)NC(=O)COC(=O)/C=C/c1ccc(C(=O)OC)cc1. The van der Waals surface area contributed by atoms with Crippen LogP contribution in [0.4, 0.5) is 4.79 Å². The summed E-state index contributed by atoms with van der Waals surface area (Å²) in [7, 11) is 1.29. The second-order valence-electron chi connectivity index (χ2n) is 5.21. The van der Waals surface area contributed by atoms with Gasteiger partial charge in [0.25, 0.3) is 5.91 Å². The highest BCUT2D eigenvalue weighted by Crippen LogP contribution is 2.07. The van der Waals surface area contributed by atoms with Crippen LogP contribution in [-0.4, -0.2) is 44.1 Å². The van der Waals surface area contributed by atoms with Crippen molar-refractivity contribution in [3.05, 3.63) is 41.5 Å². The van der Waals surface area contributed by atoms with E-state index in [-0.39, 0.29) is 0 Å². The summed E-state index contributed by atoms with van der Waals surface area (Å²) >= 11 is 0. The van der Waals surface area contributed by atoms with Crippen LogP contribution in [0.15, 0.2) is 30.3 Å². The molecule has 1 rings (SSSR count). The van der Waals surface area contributed by atoms with Gasteiger partial charge in [-0.15, -0.1) is 0 Å². The summed E-state index contributed by atoms with van der Waals surface area (Å²) in [5, 5.41) is 4.56. The Bertz CT molecular complexity index is 667. The Hall–Kier alpha value is -3.16. The zero-order chi connectivity index (χ0) is 19.4. The van der Waals surface area contributed by atoms with Gasteiger partial charge in [-0.3, -0.25) is 10.1 Å². The molecule has 8 nitrogen and oxygen atoms in total. The molecule has 0 fully saturated rings. The third-order valence-electron chi connectivity index (χ3n) is 3.16. The molecule has 0 heterocycles. The number of hydrogen-bond donors (Lipinski definition) is 2. The number of rotatable bonds is 8. The average Bonchev–Trinajstić information content (AvgIpc) is 2.64. The number of nitrogens with one attached hydrogen (secondary N) is 2. The fraction of sp³-hybridized carbons (Fsp3) is 0.333. The first-order valence-electron chi connectivity index (χ1n) is 8.07. The minimum Gasteiger partial charge on any atom is -0.465 e. The number of hydrogen-bond acceptors (Lipinski definition) is 6. The van der Waals surface area contributed by atoms with Gasteiger partial charge in [-0.05, 0) is 30.2 Å². The molecule has 26 heavy (non-hydrogen) atoms. The Labute approximate surface area is 151 Å². The van der Waals surface area contributed by atoms with E-state index in [4.69, 9.17) is 4.74 Å². The van der Waals surface area contributed by atoms with E-state index in [2.05, 4.69) is 15.4 Å². The zero-order valence-corrected chi connectivity index (χ0v) is 14.7. The first kappa shape index (κ1) is 20.9. The van der Waals surface area contributed by atoms with Crippen molar-refractivity contribution in [1.29, 1.82) is 0 Å². The molecule has 0 aliphatic rings. The van der Waals surface area contributed by atoms with Crippen LogP contribution >= 0.6 is 0 Å². The fourth-order valence-electron chi connectivity index (χ4n) is 1.78. The van der Waals surface area contributed by atoms with Crippen LogP contribution < -0.4 is 10.6 Å². The predicted molar refractivity (Wildman–Crippen MR) is 94.2 cm³/mol. The Kier molecular flexibility index (Phi) is 9.16. The largest absolute Gasteiger partial charge is 0.465 e. The van der Waals surface area contributed by atoms with Crippen LogP contribution in [0.25, 0.3) is 6.08 Å². The number of carbonyl (C=O) groups is 4. The fourth-order valence-corrected chi connectivity index (χ4v) is 1.78. The number of ether oxygens (including phenoxy) is 2. The van der Waals surface area contributed by atoms with Crippen LogP contribution in [0, 0.1) is 0 Å². The van der Waals surface area contributed by atoms with Gasteiger partial charge in [0.2, 0.25) is 0 Å². The van der Waals surface area contributed by atoms with Crippen molar-refractivity contribution in [2.45, 2.75) is 19.8 Å². The Balaban J connectivity index is 2.37. The molecule has 8 heteroatoms. The quantitative estimate of drug-likeness (QED) is 0.413. The van der Waals surface area contributed by atoms with E-state index >= 15 is 0 Å². The first-order valence-corrected chi connectivity index (χ1v) is 8.07. The normalized spacial score (nSPS) is 10.2. The highest BCUT2D eigenvalue weighted by Gasteiger charge is 2.09. The summed E-state index contributed by atoms with van der Waals surface area (Å²) < 4.78 is 9.33. The van der Waals surface area contributed by atoms with E-state index < -0.39 is 30.5 Å². The zero-order valence-electron chi connectivity index (χ0n) is 14.7. The van der Waals surface area contributed by atoms with Crippen LogP contribution in [0.1, 0.15) is 35.7 Å². The molecule has 0 saturated heterocycles. The molecule has 0 aliphatic heterocycles. The molecule has 0 atom stereocenters.